The number of likely N-dealkylation sites (tertiary alicyclic amines) is 1. The molecule has 1 saturated heterocycles. The molecule has 1 unspecified atom stereocenters. The van der Waals surface area contributed by atoms with Crippen molar-refractivity contribution in [1.29, 1.82) is 0 Å². The highest BCUT2D eigenvalue weighted by Crippen LogP contribution is 2.29. The number of amides is 1. The maximum Gasteiger partial charge on any atom is 0.222 e. The van der Waals surface area contributed by atoms with Crippen LogP contribution in [0.15, 0.2) is 0 Å². The van der Waals surface area contributed by atoms with E-state index in [0.717, 1.165) is 32.5 Å². The summed E-state index contributed by atoms with van der Waals surface area (Å²) in [4.78, 5) is 14.1. The van der Waals surface area contributed by atoms with Crippen LogP contribution < -0.4 is 11.1 Å². The number of rotatable bonds is 6. The van der Waals surface area contributed by atoms with E-state index < -0.39 is 0 Å². The first-order valence-corrected chi connectivity index (χ1v) is 6.67. The standard InChI is InChI=1S/C13H27N3O2/c1-13(4-6-16(2)7-5-13)10-15-12(17)8-11(9-14)18-3/h11H,4-10,14H2,1-3H3,(H,15,17). The van der Waals surface area contributed by atoms with Gasteiger partial charge in [0.2, 0.25) is 5.91 Å². The normalized spacial score (nSPS) is 21.6. The number of methoxy groups -OCH3 is 1. The van der Waals surface area contributed by atoms with Crippen molar-refractivity contribution in [2.75, 3.05) is 40.3 Å². The second-order valence-electron chi connectivity index (χ2n) is 5.69. The lowest BCUT2D eigenvalue weighted by molar-refractivity contribution is -0.124. The van der Waals surface area contributed by atoms with E-state index in [1.807, 2.05) is 0 Å². The van der Waals surface area contributed by atoms with Crippen molar-refractivity contribution in [1.82, 2.24) is 10.2 Å². The van der Waals surface area contributed by atoms with Gasteiger partial charge in [-0.05, 0) is 38.4 Å². The zero-order valence-electron chi connectivity index (χ0n) is 11.9. The molecule has 0 radical (unpaired) electrons. The predicted molar refractivity (Wildman–Crippen MR) is 72.3 cm³/mol. The van der Waals surface area contributed by atoms with Crippen molar-refractivity contribution in [2.24, 2.45) is 11.1 Å². The van der Waals surface area contributed by atoms with Crippen LogP contribution in [0.3, 0.4) is 0 Å². The molecule has 0 aliphatic carbocycles. The minimum Gasteiger partial charge on any atom is -0.380 e. The predicted octanol–water partition coefficient (Wildman–Crippen LogP) is 0.198. The molecular weight excluding hydrogens is 230 g/mol. The molecule has 1 aliphatic rings. The van der Waals surface area contributed by atoms with E-state index in [9.17, 15) is 4.79 Å². The molecule has 5 heteroatoms. The average Bonchev–Trinajstić information content (AvgIpc) is 2.37. The molecule has 18 heavy (non-hydrogen) atoms. The van der Waals surface area contributed by atoms with E-state index in [1.165, 1.54) is 0 Å². The van der Waals surface area contributed by atoms with Crippen LogP contribution in [0.2, 0.25) is 0 Å². The van der Waals surface area contributed by atoms with Crippen LogP contribution in [0, 0.1) is 5.41 Å². The van der Waals surface area contributed by atoms with E-state index in [4.69, 9.17) is 10.5 Å². The third-order valence-corrected chi connectivity index (χ3v) is 3.92. The van der Waals surface area contributed by atoms with E-state index >= 15 is 0 Å². The van der Waals surface area contributed by atoms with Gasteiger partial charge in [-0.2, -0.15) is 0 Å². The number of nitrogens with one attached hydrogen (secondary N) is 1. The molecule has 106 valence electrons. The first-order chi connectivity index (χ1) is 8.49. The maximum absolute atomic E-state index is 11.8. The van der Waals surface area contributed by atoms with Gasteiger partial charge in [-0.15, -0.1) is 0 Å². The van der Waals surface area contributed by atoms with Crippen LogP contribution in [0.4, 0.5) is 0 Å². The van der Waals surface area contributed by atoms with Crippen molar-refractivity contribution in [2.45, 2.75) is 32.3 Å². The lowest BCUT2D eigenvalue weighted by Crippen LogP contribution is -2.44. The van der Waals surface area contributed by atoms with Gasteiger partial charge in [0.05, 0.1) is 12.5 Å². The number of ether oxygens (including phenoxy) is 1. The van der Waals surface area contributed by atoms with Crippen molar-refractivity contribution in [3.05, 3.63) is 0 Å². The summed E-state index contributed by atoms with van der Waals surface area (Å²) >= 11 is 0. The summed E-state index contributed by atoms with van der Waals surface area (Å²) in [5, 5.41) is 3.01. The summed E-state index contributed by atoms with van der Waals surface area (Å²) in [5.41, 5.74) is 5.73. The molecule has 1 fully saturated rings. The first-order valence-electron chi connectivity index (χ1n) is 6.67. The maximum atomic E-state index is 11.8. The second-order valence-corrected chi connectivity index (χ2v) is 5.69. The number of hydrogen-bond donors (Lipinski definition) is 2. The molecule has 1 aliphatic heterocycles. The smallest absolute Gasteiger partial charge is 0.222 e. The van der Waals surface area contributed by atoms with E-state index in [-0.39, 0.29) is 17.4 Å². The largest absolute Gasteiger partial charge is 0.380 e. The third-order valence-electron chi connectivity index (χ3n) is 3.92. The van der Waals surface area contributed by atoms with Crippen LogP contribution in [0.1, 0.15) is 26.2 Å². The van der Waals surface area contributed by atoms with Gasteiger partial charge in [0, 0.05) is 20.2 Å². The molecule has 1 rings (SSSR count). The number of nitrogens with two attached hydrogens (primary N) is 1. The van der Waals surface area contributed by atoms with Crippen LogP contribution in [0.25, 0.3) is 0 Å². The first kappa shape index (κ1) is 15.4. The molecule has 1 amide bonds. The molecule has 0 spiro atoms. The zero-order chi connectivity index (χ0) is 13.6. The van der Waals surface area contributed by atoms with Gasteiger partial charge >= 0.3 is 0 Å². The molecule has 0 bridgehead atoms. The SMILES string of the molecule is COC(CN)CC(=O)NCC1(C)CCN(C)CC1. The van der Waals surface area contributed by atoms with E-state index in [0.29, 0.717) is 13.0 Å². The van der Waals surface area contributed by atoms with Gasteiger partial charge in [-0.3, -0.25) is 4.79 Å². The quantitative estimate of drug-likeness (QED) is 0.713. The molecule has 1 heterocycles. The van der Waals surface area contributed by atoms with Crippen molar-refractivity contribution >= 4 is 5.91 Å². The summed E-state index contributed by atoms with van der Waals surface area (Å²) in [6.07, 6.45) is 2.45. The molecular formula is C13H27N3O2. The van der Waals surface area contributed by atoms with Gasteiger partial charge in [0.15, 0.2) is 0 Å². The topological polar surface area (TPSA) is 67.6 Å². The average molecular weight is 257 g/mol. The number of hydrogen-bond acceptors (Lipinski definition) is 4. The van der Waals surface area contributed by atoms with Crippen molar-refractivity contribution in [3.8, 4) is 0 Å². The monoisotopic (exact) mass is 257 g/mol. The Balaban J connectivity index is 2.29. The third kappa shape index (κ3) is 4.92. The van der Waals surface area contributed by atoms with Crippen LogP contribution >= 0.6 is 0 Å². The lowest BCUT2D eigenvalue weighted by atomic mass is 9.80. The fourth-order valence-electron chi connectivity index (χ4n) is 2.19. The number of piperidine rings is 1. The van der Waals surface area contributed by atoms with Crippen molar-refractivity contribution in [3.63, 3.8) is 0 Å². The van der Waals surface area contributed by atoms with E-state index in [1.54, 1.807) is 7.11 Å². The fourth-order valence-corrected chi connectivity index (χ4v) is 2.19. The number of carbonyl (C=O) groups is 1. The van der Waals surface area contributed by atoms with Crippen LogP contribution in [0.5, 0.6) is 0 Å². The minimum absolute atomic E-state index is 0.0347. The molecule has 0 aromatic rings. The Bertz CT molecular complexity index is 259. The van der Waals surface area contributed by atoms with Gasteiger partial charge < -0.3 is 20.7 Å². The van der Waals surface area contributed by atoms with Crippen LogP contribution in [-0.2, 0) is 9.53 Å². The molecule has 3 N–H and O–H groups in total. The lowest BCUT2D eigenvalue weighted by Gasteiger charge is -2.38. The Morgan fingerprint density at radius 2 is 2.11 bits per heavy atom. The molecule has 0 saturated carbocycles. The van der Waals surface area contributed by atoms with Gasteiger partial charge in [-0.25, -0.2) is 0 Å². The number of carbonyl (C=O) groups excluding carboxylic acids is 1. The van der Waals surface area contributed by atoms with E-state index in [2.05, 4.69) is 24.2 Å². The highest BCUT2D eigenvalue weighted by atomic mass is 16.5. The molecule has 1 atom stereocenters. The highest BCUT2D eigenvalue weighted by Gasteiger charge is 2.29. The second kappa shape index (κ2) is 7.07. The fraction of sp³-hybridized carbons (Fsp3) is 0.923. The molecule has 0 aromatic carbocycles. The van der Waals surface area contributed by atoms with Gasteiger partial charge in [0.1, 0.15) is 0 Å². The summed E-state index contributed by atoms with van der Waals surface area (Å²) in [6, 6.07) is 0. The summed E-state index contributed by atoms with van der Waals surface area (Å²) in [6.45, 7) is 5.59. The van der Waals surface area contributed by atoms with Crippen molar-refractivity contribution < 1.29 is 9.53 Å². The number of nitrogens with zero attached hydrogens (tertiary/aromatic N) is 1. The summed E-state index contributed by atoms with van der Waals surface area (Å²) < 4.78 is 5.11. The highest BCUT2D eigenvalue weighted by molar-refractivity contribution is 5.76. The minimum atomic E-state index is -0.171. The zero-order valence-corrected chi connectivity index (χ0v) is 11.9. The molecule has 0 aromatic heterocycles. The Morgan fingerprint density at radius 3 is 2.61 bits per heavy atom. The molecule has 5 nitrogen and oxygen atoms in total. The summed E-state index contributed by atoms with van der Waals surface area (Å²) in [5.74, 6) is 0.0347. The van der Waals surface area contributed by atoms with Crippen LogP contribution in [-0.4, -0.2) is 57.2 Å². The van der Waals surface area contributed by atoms with Gasteiger partial charge in [-0.1, -0.05) is 6.92 Å². The Labute approximate surface area is 110 Å². The van der Waals surface area contributed by atoms with Gasteiger partial charge in [0.25, 0.3) is 0 Å². The Hall–Kier alpha value is -0.650. The Morgan fingerprint density at radius 1 is 1.50 bits per heavy atom. The summed E-state index contributed by atoms with van der Waals surface area (Å²) in [7, 11) is 3.73. The Kier molecular flexibility index (Phi) is 6.05.